The predicted molar refractivity (Wildman–Crippen MR) is 97.4 cm³/mol. The summed E-state index contributed by atoms with van der Waals surface area (Å²) in [5.41, 5.74) is 3.88. The van der Waals surface area contributed by atoms with E-state index >= 15 is 0 Å². The van der Waals surface area contributed by atoms with Crippen molar-refractivity contribution >= 4 is 11.7 Å². The molecule has 0 atom stereocenters. The van der Waals surface area contributed by atoms with Crippen LogP contribution in [0.2, 0.25) is 0 Å². The Morgan fingerprint density at radius 1 is 1.38 bits per heavy atom. The first-order valence-corrected chi connectivity index (χ1v) is 8.78. The smallest absolute Gasteiger partial charge is 0.224 e. The molecule has 0 aliphatic heterocycles. The number of amides is 1. The minimum Gasteiger partial charge on any atom is -0.352 e. The lowest BCUT2D eigenvalue weighted by Crippen LogP contribution is -2.30. The number of aromatic nitrogens is 1. The first kappa shape index (κ1) is 18.5. The summed E-state index contributed by atoms with van der Waals surface area (Å²) in [5, 5.41) is 2.82. The van der Waals surface area contributed by atoms with E-state index in [0.717, 1.165) is 35.5 Å². The van der Waals surface area contributed by atoms with Crippen molar-refractivity contribution in [3.8, 4) is 0 Å². The Balaban J connectivity index is 2.48. The van der Waals surface area contributed by atoms with Gasteiger partial charge >= 0.3 is 0 Å². The van der Waals surface area contributed by atoms with Gasteiger partial charge in [-0.25, -0.2) is 0 Å². The summed E-state index contributed by atoms with van der Waals surface area (Å²) in [6.45, 7) is 15.6. The van der Waals surface area contributed by atoms with Gasteiger partial charge < -0.3 is 9.88 Å². The van der Waals surface area contributed by atoms with Crippen molar-refractivity contribution in [1.82, 2.24) is 9.88 Å². The van der Waals surface area contributed by atoms with Crippen molar-refractivity contribution in [3.05, 3.63) is 35.2 Å². The molecule has 0 aromatic carbocycles. The molecule has 2 rings (SSSR count). The first-order chi connectivity index (χ1) is 11.2. The number of fused-ring (bicyclic) bond motifs is 1. The second kappa shape index (κ2) is 6.96. The molecule has 0 saturated heterocycles. The van der Waals surface area contributed by atoms with Gasteiger partial charge in [0, 0.05) is 36.5 Å². The van der Waals surface area contributed by atoms with Gasteiger partial charge in [-0.05, 0) is 30.2 Å². The largest absolute Gasteiger partial charge is 0.352 e. The van der Waals surface area contributed by atoms with Crippen LogP contribution in [0.1, 0.15) is 61.4 Å². The summed E-state index contributed by atoms with van der Waals surface area (Å²) in [4.78, 5) is 25.0. The van der Waals surface area contributed by atoms with Crippen molar-refractivity contribution in [1.29, 1.82) is 0 Å². The van der Waals surface area contributed by atoms with E-state index in [1.807, 2.05) is 6.92 Å². The third kappa shape index (κ3) is 3.80. The summed E-state index contributed by atoms with van der Waals surface area (Å²) < 4.78 is 2.27. The van der Waals surface area contributed by atoms with Gasteiger partial charge in [0.2, 0.25) is 5.91 Å². The summed E-state index contributed by atoms with van der Waals surface area (Å²) in [5.74, 6) is 0.612. The van der Waals surface area contributed by atoms with Gasteiger partial charge in [-0.1, -0.05) is 33.8 Å². The average molecular weight is 330 g/mol. The molecule has 1 N–H and O–H groups in total. The third-order valence-electron chi connectivity index (χ3n) is 4.65. The molecule has 1 aromatic rings. The van der Waals surface area contributed by atoms with Crippen LogP contribution in [-0.4, -0.2) is 22.8 Å². The van der Waals surface area contributed by atoms with E-state index in [-0.39, 0.29) is 23.5 Å². The fourth-order valence-electron chi connectivity index (χ4n) is 3.64. The Morgan fingerprint density at radius 3 is 2.62 bits per heavy atom. The molecule has 1 aromatic heterocycles. The number of rotatable bonds is 6. The summed E-state index contributed by atoms with van der Waals surface area (Å²) in [7, 11) is 0. The molecule has 1 heterocycles. The van der Waals surface area contributed by atoms with Crippen LogP contribution >= 0.6 is 0 Å². The van der Waals surface area contributed by atoms with Crippen LogP contribution in [0.5, 0.6) is 0 Å². The van der Waals surface area contributed by atoms with Crippen LogP contribution in [0, 0.1) is 18.3 Å². The molecule has 132 valence electrons. The predicted octanol–water partition coefficient (Wildman–Crippen LogP) is 3.45. The molecule has 24 heavy (non-hydrogen) atoms. The second-order valence-corrected chi connectivity index (χ2v) is 8.10. The molecule has 1 aliphatic rings. The lowest BCUT2D eigenvalue weighted by Gasteiger charge is -2.30. The van der Waals surface area contributed by atoms with Crippen LogP contribution in [0.3, 0.4) is 0 Å². The van der Waals surface area contributed by atoms with Gasteiger partial charge in [-0.15, -0.1) is 6.58 Å². The lowest BCUT2D eigenvalue weighted by atomic mass is 9.75. The average Bonchev–Trinajstić information content (AvgIpc) is 2.69. The molecular weight excluding hydrogens is 300 g/mol. The maximum Gasteiger partial charge on any atom is 0.224 e. The normalized spacial score (nSPS) is 16.2. The molecule has 0 fully saturated rings. The minimum absolute atomic E-state index is 0.0219. The first-order valence-electron chi connectivity index (χ1n) is 8.78. The molecule has 4 nitrogen and oxygen atoms in total. The number of carbonyl (C=O) groups is 2. The third-order valence-corrected chi connectivity index (χ3v) is 4.65. The topological polar surface area (TPSA) is 51.1 Å². The van der Waals surface area contributed by atoms with E-state index < -0.39 is 0 Å². The highest BCUT2D eigenvalue weighted by Crippen LogP contribution is 2.39. The van der Waals surface area contributed by atoms with Gasteiger partial charge in [0.1, 0.15) is 0 Å². The van der Waals surface area contributed by atoms with Crippen LogP contribution in [-0.2, 0) is 24.2 Å². The van der Waals surface area contributed by atoms with E-state index in [0.29, 0.717) is 18.9 Å². The van der Waals surface area contributed by atoms with Crippen molar-refractivity contribution in [3.63, 3.8) is 0 Å². The monoisotopic (exact) mass is 330 g/mol. The Labute approximate surface area is 145 Å². The van der Waals surface area contributed by atoms with Crippen LogP contribution in [0.25, 0.3) is 0 Å². The second-order valence-electron chi connectivity index (χ2n) is 8.10. The molecule has 1 aliphatic carbocycles. The molecule has 4 heteroatoms. The van der Waals surface area contributed by atoms with E-state index in [2.05, 4.69) is 44.2 Å². The fraction of sp³-hybridized carbons (Fsp3) is 0.600. The maximum absolute atomic E-state index is 12.8. The summed E-state index contributed by atoms with van der Waals surface area (Å²) in [6, 6.07) is 0. The lowest BCUT2D eigenvalue weighted by molar-refractivity contribution is -0.120. The SMILES string of the molecule is C=CCNC(=O)Cc1c2c(n(CC(C)C)c1C)CC(C)(C)CC2=O. The molecule has 0 saturated carbocycles. The zero-order chi connectivity index (χ0) is 18.1. The van der Waals surface area contributed by atoms with Crippen LogP contribution in [0.4, 0.5) is 0 Å². The summed E-state index contributed by atoms with van der Waals surface area (Å²) in [6.07, 6.45) is 3.36. The minimum atomic E-state index is -0.0554. The quantitative estimate of drug-likeness (QED) is 0.812. The summed E-state index contributed by atoms with van der Waals surface area (Å²) >= 11 is 0. The van der Waals surface area contributed by atoms with Crippen LogP contribution in [0.15, 0.2) is 12.7 Å². The van der Waals surface area contributed by atoms with Crippen LogP contribution < -0.4 is 5.32 Å². The van der Waals surface area contributed by atoms with E-state index in [1.165, 1.54) is 0 Å². The van der Waals surface area contributed by atoms with Crippen molar-refractivity contribution in [2.45, 2.75) is 60.4 Å². The number of hydrogen-bond donors (Lipinski definition) is 1. The van der Waals surface area contributed by atoms with Gasteiger partial charge in [0.25, 0.3) is 0 Å². The number of hydrogen-bond acceptors (Lipinski definition) is 2. The fourth-order valence-corrected chi connectivity index (χ4v) is 3.64. The Bertz CT molecular complexity index is 666. The number of Topliss-reactive ketones (excluding diaryl/α,β-unsaturated/α-hetero) is 1. The van der Waals surface area contributed by atoms with Gasteiger partial charge in [-0.2, -0.15) is 0 Å². The number of nitrogens with zero attached hydrogens (tertiary/aromatic N) is 1. The van der Waals surface area contributed by atoms with E-state index in [4.69, 9.17) is 0 Å². The number of carbonyl (C=O) groups excluding carboxylic acids is 2. The molecule has 0 spiro atoms. The highest BCUT2D eigenvalue weighted by Gasteiger charge is 2.37. The number of nitrogens with one attached hydrogen (secondary N) is 1. The Morgan fingerprint density at radius 2 is 2.04 bits per heavy atom. The number of ketones is 1. The van der Waals surface area contributed by atoms with Gasteiger partial charge in [-0.3, -0.25) is 9.59 Å². The Hall–Kier alpha value is -1.84. The molecule has 0 radical (unpaired) electrons. The zero-order valence-corrected chi connectivity index (χ0v) is 15.7. The van der Waals surface area contributed by atoms with Crippen molar-refractivity contribution < 1.29 is 9.59 Å². The van der Waals surface area contributed by atoms with Gasteiger partial charge in [0.05, 0.1) is 6.42 Å². The van der Waals surface area contributed by atoms with Gasteiger partial charge in [0.15, 0.2) is 5.78 Å². The standard InChI is InChI=1S/C20H30N2O2/c1-7-8-21-18(24)9-15-14(4)22(12-13(2)3)16-10-20(5,6)11-17(23)19(15)16/h7,13H,1,8-12H2,2-6H3,(H,21,24). The van der Waals surface area contributed by atoms with E-state index in [9.17, 15) is 9.59 Å². The molecule has 0 bridgehead atoms. The van der Waals surface area contributed by atoms with Crippen molar-refractivity contribution in [2.75, 3.05) is 6.54 Å². The molecule has 0 unspecified atom stereocenters. The van der Waals surface area contributed by atoms with Crippen molar-refractivity contribution in [2.24, 2.45) is 11.3 Å². The zero-order valence-electron chi connectivity index (χ0n) is 15.7. The highest BCUT2D eigenvalue weighted by atomic mass is 16.1. The Kier molecular flexibility index (Phi) is 5.36. The van der Waals surface area contributed by atoms with E-state index in [1.54, 1.807) is 6.08 Å². The maximum atomic E-state index is 12.8. The highest BCUT2D eigenvalue weighted by molar-refractivity contribution is 6.01. The molecule has 1 amide bonds. The molecular formula is C20H30N2O2.